The van der Waals surface area contributed by atoms with Gasteiger partial charge >= 0.3 is 0 Å². The van der Waals surface area contributed by atoms with Crippen LogP contribution in [0.3, 0.4) is 0 Å². The molecule has 1 aromatic rings. The van der Waals surface area contributed by atoms with Gasteiger partial charge < -0.3 is 14.9 Å². The molecule has 0 aliphatic heterocycles. The minimum Gasteiger partial charge on any atom is -0.491 e. The average molecular weight is 204 g/mol. The summed E-state index contributed by atoms with van der Waals surface area (Å²) in [6.45, 7) is -0.669. The van der Waals surface area contributed by atoms with E-state index in [9.17, 15) is 8.78 Å². The molecule has 3 nitrogen and oxygen atoms in total. The first kappa shape index (κ1) is 10.9. The molecule has 1 rings (SSSR count). The third-order valence-corrected chi connectivity index (χ3v) is 1.49. The lowest BCUT2D eigenvalue weighted by Gasteiger charge is -2.09. The van der Waals surface area contributed by atoms with Crippen molar-refractivity contribution >= 4 is 0 Å². The molecule has 0 spiro atoms. The van der Waals surface area contributed by atoms with Gasteiger partial charge in [0.05, 0.1) is 6.61 Å². The van der Waals surface area contributed by atoms with Gasteiger partial charge in [-0.1, -0.05) is 0 Å². The Labute approximate surface area is 79.6 Å². The molecular weight excluding hydrogens is 194 g/mol. The smallest absolute Gasteiger partial charge is 0.129 e. The fourth-order valence-corrected chi connectivity index (χ4v) is 0.857. The van der Waals surface area contributed by atoms with E-state index >= 15 is 0 Å². The molecule has 14 heavy (non-hydrogen) atoms. The van der Waals surface area contributed by atoms with E-state index in [-0.39, 0.29) is 12.4 Å². The Morgan fingerprint density at radius 1 is 1.21 bits per heavy atom. The maximum Gasteiger partial charge on any atom is 0.129 e. The van der Waals surface area contributed by atoms with Gasteiger partial charge in [-0.2, -0.15) is 0 Å². The van der Waals surface area contributed by atoms with Gasteiger partial charge in [0.2, 0.25) is 0 Å². The van der Waals surface area contributed by atoms with Gasteiger partial charge in [-0.05, 0) is 0 Å². The number of rotatable bonds is 4. The zero-order chi connectivity index (χ0) is 10.6. The number of benzene rings is 1. The predicted molar refractivity (Wildman–Crippen MR) is 44.9 cm³/mol. The molecule has 0 fully saturated rings. The molecule has 0 amide bonds. The van der Waals surface area contributed by atoms with Gasteiger partial charge in [-0.3, -0.25) is 0 Å². The molecule has 0 saturated carbocycles. The fraction of sp³-hybridized carbons (Fsp3) is 0.333. The lowest BCUT2D eigenvalue weighted by molar-refractivity contribution is 0.0534. The third-order valence-electron chi connectivity index (χ3n) is 1.49. The minimum atomic E-state index is -1.05. The quantitative estimate of drug-likeness (QED) is 0.758. The number of aliphatic hydroxyl groups is 2. The average Bonchev–Trinajstić information content (AvgIpc) is 2.12. The Morgan fingerprint density at radius 3 is 2.29 bits per heavy atom. The Hall–Kier alpha value is -1.20. The monoisotopic (exact) mass is 204 g/mol. The second-order valence-corrected chi connectivity index (χ2v) is 2.75. The van der Waals surface area contributed by atoms with Crippen molar-refractivity contribution in [2.24, 2.45) is 0 Å². The standard InChI is InChI=1S/C9H10F2O3/c10-6-1-7(11)3-9(2-6)14-5-8(13)4-12/h1-3,8,12-13H,4-5H2. The Balaban J connectivity index is 2.58. The van der Waals surface area contributed by atoms with Gasteiger partial charge in [0.15, 0.2) is 0 Å². The Kier molecular flexibility index (Phi) is 3.79. The first-order valence-corrected chi connectivity index (χ1v) is 3.99. The van der Waals surface area contributed by atoms with Crippen molar-refractivity contribution in [2.45, 2.75) is 6.10 Å². The topological polar surface area (TPSA) is 49.7 Å². The molecule has 2 N–H and O–H groups in total. The molecule has 1 aromatic carbocycles. The largest absolute Gasteiger partial charge is 0.491 e. The van der Waals surface area contributed by atoms with E-state index in [1.54, 1.807) is 0 Å². The lowest BCUT2D eigenvalue weighted by Crippen LogP contribution is -2.21. The maximum absolute atomic E-state index is 12.6. The molecule has 0 radical (unpaired) electrons. The van der Waals surface area contributed by atoms with Crippen LogP contribution in [0.2, 0.25) is 0 Å². The molecule has 0 aromatic heterocycles. The van der Waals surface area contributed by atoms with Crippen molar-refractivity contribution in [3.8, 4) is 5.75 Å². The van der Waals surface area contributed by atoms with Crippen molar-refractivity contribution in [2.75, 3.05) is 13.2 Å². The van der Waals surface area contributed by atoms with E-state index in [1.807, 2.05) is 0 Å². The summed E-state index contributed by atoms with van der Waals surface area (Å²) in [6, 6.07) is 2.70. The summed E-state index contributed by atoms with van der Waals surface area (Å²) in [4.78, 5) is 0. The normalized spacial score (nSPS) is 12.6. The highest BCUT2D eigenvalue weighted by atomic mass is 19.1. The summed E-state index contributed by atoms with van der Waals surface area (Å²) in [6.07, 6.45) is -1.05. The Morgan fingerprint density at radius 2 is 1.79 bits per heavy atom. The number of aliphatic hydroxyl groups excluding tert-OH is 2. The summed E-state index contributed by atoms with van der Waals surface area (Å²) in [5.41, 5.74) is 0. The number of halogens is 2. The summed E-state index contributed by atoms with van der Waals surface area (Å²) in [5, 5.41) is 17.3. The first-order valence-electron chi connectivity index (χ1n) is 3.99. The summed E-state index contributed by atoms with van der Waals surface area (Å²) in [7, 11) is 0. The second kappa shape index (κ2) is 4.88. The summed E-state index contributed by atoms with van der Waals surface area (Å²) in [5.74, 6) is -1.52. The van der Waals surface area contributed by atoms with Crippen molar-refractivity contribution < 1.29 is 23.7 Å². The highest BCUT2D eigenvalue weighted by Crippen LogP contribution is 2.15. The van der Waals surface area contributed by atoms with Crippen LogP contribution in [-0.4, -0.2) is 29.5 Å². The van der Waals surface area contributed by atoms with Gasteiger partial charge in [-0.15, -0.1) is 0 Å². The number of hydrogen-bond donors (Lipinski definition) is 2. The van der Waals surface area contributed by atoms with E-state index in [4.69, 9.17) is 14.9 Å². The van der Waals surface area contributed by atoms with Crippen LogP contribution in [0, 0.1) is 11.6 Å². The second-order valence-electron chi connectivity index (χ2n) is 2.75. The van der Waals surface area contributed by atoms with Crippen LogP contribution in [0.15, 0.2) is 18.2 Å². The molecule has 0 aliphatic carbocycles. The van der Waals surface area contributed by atoms with Gasteiger partial charge in [-0.25, -0.2) is 8.78 Å². The van der Waals surface area contributed by atoms with Crippen LogP contribution in [0.25, 0.3) is 0 Å². The first-order chi connectivity index (χ1) is 6.61. The molecular formula is C9H10F2O3. The SMILES string of the molecule is OCC(O)COc1cc(F)cc(F)c1. The van der Waals surface area contributed by atoms with E-state index in [1.165, 1.54) is 0 Å². The van der Waals surface area contributed by atoms with E-state index < -0.39 is 24.3 Å². The molecule has 1 unspecified atom stereocenters. The van der Waals surface area contributed by atoms with Crippen molar-refractivity contribution in [3.05, 3.63) is 29.8 Å². The molecule has 1 atom stereocenters. The van der Waals surface area contributed by atoms with Crippen LogP contribution in [0.4, 0.5) is 8.78 Å². The van der Waals surface area contributed by atoms with Gasteiger partial charge in [0, 0.05) is 18.2 Å². The van der Waals surface area contributed by atoms with E-state index in [0.29, 0.717) is 0 Å². The van der Waals surface area contributed by atoms with Crippen LogP contribution in [-0.2, 0) is 0 Å². The van der Waals surface area contributed by atoms with Crippen LogP contribution >= 0.6 is 0 Å². The van der Waals surface area contributed by atoms with Crippen LogP contribution in [0.1, 0.15) is 0 Å². The lowest BCUT2D eigenvalue weighted by atomic mass is 10.3. The minimum absolute atomic E-state index is 0.0185. The van der Waals surface area contributed by atoms with Crippen molar-refractivity contribution in [1.29, 1.82) is 0 Å². The molecule has 5 heteroatoms. The third kappa shape index (κ3) is 3.27. The maximum atomic E-state index is 12.6. The fourth-order valence-electron chi connectivity index (χ4n) is 0.857. The number of ether oxygens (including phenoxy) is 1. The highest BCUT2D eigenvalue weighted by Gasteiger charge is 2.05. The van der Waals surface area contributed by atoms with Crippen molar-refractivity contribution in [3.63, 3.8) is 0 Å². The van der Waals surface area contributed by atoms with Gasteiger partial charge in [0.1, 0.15) is 30.1 Å². The Bertz CT molecular complexity index is 284. The number of hydrogen-bond acceptors (Lipinski definition) is 3. The molecule has 0 heterocycles. The zero-order valence-electron chi connectivity index (χ0n) is 7.28. The molecule has 78 valence electrons. The predicted octanol–water partition coefficient (Wildman–Crippen LogP) is 0.697. The molecule has 0 aliphatic rings. The van der Waals surface area contributed by atoms with Gasteiger partial charge in [0.25, 0.3) is 0 Å². The summed E-state index contributed by atoms with van der Waals surface area (Å²) < 4.78 is 30.0. The van der Waals surface area contributed by atoms with E-state index in [2.05, 4.69) is 0 Å². The molecule has 0 bridgehead atoms. The van der Waals surface area contributed by atoms with Crippen LogP contribution < -0.4 is 4.74 Å². The van der Waals surface area contributed by atoms with Crippen molar-refractivity contribution in [1.82, 2.24) is 0 Å². The highest BCUT2D eigenvalue weighted by molar-refractivity contribution is 5.23. The van der Waals surface area contributed by atoms with Crippen LogP contribution in [0.5, 0.6) is 5.75 Å². The molecule has 0 saturated heterocycles. The summed E-state index contributed by atoms with van der Waals surface area (Å²) >= 11 is 0. The van der Waals surface area contributed by atoms with E-state index in [0.717, 1.165) is 18.2 Å². The zero-order valence-corrected chi connectivity index (χ0v) is 7.28.